The highest BCUT2D eigenvalue weighted by Crippen LogP contribution is 2.27. The van der Waals surface area contributed by atoms with E-state index in [9.17, 15) is 4.39 Å². The molecule has 0 aliphatic heterocycles. The molecule has 1 aromatic rings. The highest BCUT2D eigenvalue weighted by Gasteiger charge is 2.17. The van der Waals surface area contributed by atoms with E-state index in [1.165, 1.54) is 5.56 Å². The maximum Gasteiger partial charge on any atom is 0.129 e. The van der Waals surface area contributed by atoms with Gasteiger partial charge in [0, 0.05) is 0 Å². The Morgan fingerprint density at radius 2 is 1.82 bits per heavy atom. The molecule has 0 saturated heterocycles. The second kappa shape index (κ2) is 5.63. The molecule has 1 nitrogen and oxygen atoms in total. The second-order valence-corrected chi connectivity index (χ2v) is 5.76. The lowest BCUT2D eigenvalue weighted by atomic mass is 9.84. The zero-order chi connectivity index (χ0) is 13.1. The average molecular weight is 237 g/mol. The van der Waals surface area contributed by atoms with Gasteiger partial charge in [0.2, 0.25) is 0 Å². The molecule has 0 aliphatic carbocycles. The molecule has 1 rings (SSSR count). The lowest BCUT2D eigenvalue weighted by Gasteiger charge is -2.21. The number of unbranched alkanes of at least 4 members (excludes halogenated alkanes) is 1. The Bertz CT molecular complexity index is 377. The van der Waals surface area contributed by atoms with Crippen LogP contribution in [0.25, 0.3) is 0 Å². The highest BCUT2D eigenvalue weighted by molar-refractivity contribution is 5.35. The lowest BCUT2D eigenvalue weighted by molar-refractivity contribution is 0.567. The Morgan fingerprint density at radius 3 is 2.35 bits per heavy atom. The van der Waals surface area contributed by atoms with Crippen molar-refractivity contribution < 1.29 is 4.39 Å². The molecule has 2 heteroatoms. The van der Waals surface area contributed by atoms with Crippen LogP contribution in [-0.2, 0) is 11.8 Å². The fourth-order valence-corrected chi connectivity index (χ4v) is 1.92. The van der Waals surface area contributed by atoms with Gasteiger partial charge in [-0.1, -0.05) is 32.9 Å². The minimum absolute atomic E-state index is 0.0463. The van der Waals surface area contributed by atoms with Crippen LogP contribution in [0.1, 0.15) is 50.3 Å². The summed E-state index contributed by atoms with van der Waals surface area (Å²) in [5.74, 6) is -0.0463. The van der Waals surface area contributed by atoms with Crippen molar-refractivity contribution in [3.05, 3.63) is 34.6 Å². The molecule has 0 fully saturated rings. The molecule has 0 heterocycles. The van der Waals surface area contributed by atoms with Crippen LogP contribution < -0.4 is 5.73 Å². The summed E-state index contributed by atoms with van der Waals surface area (Å²) in [6.07, 6.45) is 2.70. The van der Waals surface area contributed by atoms with Crippen molar-refractivity contribution in [1.29, 1.82) is 0 Å². The molecule has 0 saturated carbocycles. The van der Waals surface area contributed by atoms with Crippen molar-refractivity contribution in [2.45, 2.75) is 52.4 Å². The molecule has 0 aromatic heterocycles. The number of hydrogen-bond donors (Lipinski definition) is 1. The SMILES string of the molecule is Cc1cc(C(C)(C)C)cc(CCCCN)c1F. The summed E-state index contributed by atoms with van der Waals surface area (Å²) in [6.45, 7) is 8.99. The van der Waals surface area contributed by atoms with Crippen LogP contribution >= 0.6 is 0 Å². The third-order valence-electron chi connectivity index (χ3n) is 3.10. The Kier molecular flexibility index (Phi) is 4.70. The van der Waals surface area contributed by atoms with Crippen LogP contribution in [0.2, 0.25) is 0 Å². The largest absolute Gasteiger partial charge is 0.330 e. The van der Waals surface area contributed by atoms with E-state index >= 15 is 0 Å². The zero-order valence-electron chi connectivity index (χ0n) is 11.4. The van der Waals surface area contributed by atoms with E-state index in [0.29, 0.717) is 6.54 Å². The molecule has 0 atom stereocenters. The van der Waals surface area contributed by atoms with E-state index < -0.39 is 0 Å². The molecular weight excluding hydrogens is 213 g/mol. The van der Waals surface area contributed by atoms with Crippen molar-refractivity contribution in [2.75, 3.05) is 6.54 Å². The molecule has 0 bridgehead atoms. The van der Waals surface area contributed by atoms with Crippen molar-refractivity contribution in [3.8, 4) is 0 Å². The third-order valence-corrected chi connectivity index (χ3v) is 3.10. The first-order valence-corrected chi connectivity index (χ1v) is 6.36. The summed E-state index contributed by atoms with van der Waals surface area (Å²) < 4.78 is 14.0. The molecule has 0 aliphatic rings. The van der Waals surface area contributed by atoms with E-state index in [0.717, 1.165) is 30.4 Å². The van der Waals surface area contributed by atoms with Gasteiger partial charge in [-0.2, -0.15) is 0 Å². The van der Waals surface area contributed by atoms with Gasteiger partial charge in [-0.25, -0.2) is 4.39 Å². The summed E-state index contributed by atoms with van der Waals surface area (Å²) in [5.41, 5.74) is 8.33. The minimum atomic E-state index is -0.0463. The smallest absolute Gasteiger partial charge is 0.129 e. The van der Waals surface area contributed by atoms with Crippen molar-refractivity contribution in [2.24, 2.45) is 5.73 Å². The van der Waals surface area contributed by atoms with E-state index in [1.54, 1.807) is 0 Å². The first kappa shape index (κ1) is 14.2. The summed E-state index contributed by atoms with van der Waals surface area (Å²) in [6, 6.07) is 3.97. The number of aryl methyl sites for hydroxylation is 2. The molecule has 96 valence electrons. The Morgan fingerprint density at radius 1 is 1.18 bits per heavy atom. The molecule has 0 amide bonds. The number of benzene rings is 1. The predicted molar refractivity (Wildman–Crippen MR) is 71.8 cm³/mol. The van der Waals surface area contributed by atoms with Gasteiger partial charge in [-0.15, -0.1) is 0 Å². The van der Waals surface area contributed by atoms with E-state index in [1.807, 2.05) is 19.1 Å². The van der Waals surface area contributed by atoms with Crippen molar-refractivity contribution in [3.63, 3.8) is 0 Å². The van der Waals surface area contributed by atoms with Gasteiger partial charge in [-0.3, -0.25) is 0 Å². The van der Waals surface area contributed by atoms with Crippen LogP contribution in [0.15, 0.2) is 12.1 Å². The van der Waals surface area contributed by atoms with Crippen molar-refractivity contribution in [1.82, 2.24) is 0 Å². The quantitative estimate of drug-likeness (QED) is 0.794. The van der Waals surface area contributed by atoms with Crippen LogP contribution in [0.3, 0.4) is 0 Å². The first-order chi connectivity index (χ1) is 7.86. The molecule has 1 aromatic carbocycles. The van der Waals surface area contributed by atoms with Gasteiger partial charge in [0.15, 0.2) is 0 Å². The average Bonchev–Trinajstić information content (AvgIpc) is 2.22. The minimum Gasteiger partial charge on any atom is -0.330 e. The molecule has 0 radical (unpaired) electrons. The molecule has 2 N–H and O–H groups in total. The van der Waals surface area contributed by atoms with Gasteiger partial charge in [0.25, 0.3) is 0 Å². The fourth-order valence-electron chi connectivity index (χ4n) is 1.92. The second-order valence-electron chi connectivity index (χ2n) is 5.76. The van der Waals surface area contributed by atoms with Gasteiger partial charge in [-0.05, 0) is 54.8 Å². The maximum atomic E-state index is 14.0. The third kappa shape index (κ3) is 3.81. The summed E-state index contributed by atoms with van der Waals surface area (Å²) in [5, 5.41) is 0. The maximum absolute atomic E-state index is 14.0. The van der Waals surface area contributed by atoms with Crippen LogP contribution in [-0.4, -0.2) is 6.54 Å². The normalized spacial score (nSPS) is 11.9. The van der Waals surface area contributed by atoms with E-state index in [4.69, 9.17) is 5.73 Å². The monoisotopic (exact) mass is 237 g/mol. The number of hydrogen-bond acceptors (Lipinski definition) is 1. The van der Waals surface area contributed by atoms with Crippen LogP contribution in [0, 0.1) is 12.7 Å². The molecule has 0 unspecified atom stereocenters. The fraction of sp³-hybridized carbons (Fsp3) is 0.600. The summed E-state index contributed by atoms with van der Waals surface area (Å²) >= 11 is 0. The Hall–Kier alpha value is -0.890. The summed E-state index contributed by atoms with van der Waals surface area (Å²) in [4.78, 5) is 0. The summed E-state index contributed by atoms with van der Waals surface area (Å²) in [7, 11) is 0. The van der Waals surface area contributed by atoms with Gasteiger partial charge < -0.3 is 5.73 Å². The Balaban J connectivity index is 2.99. The number of nitrogens with two attached hydrogens (primary N) is 1. The zero-order valence-corrected chi connectivity index (χ0v) is 11.4. The highest BCUT2D eigenvalue weighted by atomic mass is 19.1. The lowest BCUT2D eigenvalue weighted by Crippen LogP contribution is -2.13. The molecular formula is C15H24FN. The van der Waals surface area contributed by atoms with Crippen molar-refractivity contribution >= 4 is 0 Å². The Labute approximate surface area is 104 Å². The van der Waals surface area contributed by atoms with Gasteiger partial charge >= 0.3 is 0 Å². The molecule has 17 heavy (non-hydrogen) atoms. The number of halogens is 1. The predicted octanol–water partition coefficient (Wildman–Crippen LogP) is 3.71. The molecule has 0 spiro atoms. The van der Waals surface area contributed by atoms with Gasteiger partial charge in [0.05, 0.1) is 0 Å². The first-order valence-electron chi connectivity index (χ1n) is 6.36. The topological polar surface area (TPSA) is 26.0 Å². The van der Waals surface area contributed by atoms with Crippen LogP contribution in [0.5, 0.6) is 0 Å². The van der Waals surface area contributed by atoms with E-state index in [-0.39, 0.29) is 11.2 Å². The number of rotatable bonds is 4. The standard InChI is InChI=1S/C15H24FN/c1-11-9-13(15(2,3)4)10-12(14(11)16)7-5-6-8-17/h9-10H,5-8,17H2,1-4H3. The van der Waals surface area contributed by atoms with Crippen LogP contribution in [0.4, 0.5) is 4.39 Å². The van der Waals surface area contributed by atoms with E-state index in [2.05, 4.69) is 20.8 Å². The van der Waals surface area contributed by atoms with Gasteiger partial charge in [0.1, 0.15) is 5.82 Å².